The Labute approximate surface area is 164 Å². The summed E-state index contributed by atoms with van der Waals surface area (Å²) in [5, 5.41) is 11.6. The van der Waals surface area contributed by atoms with Crippen LogP contribution < -0.4 is 4.74 Å². The molecule has 6 nitrogen and oxygen atoms in total. The fourth-order valence-electron chi connectivity index (χ4n) is 2.38. The molecule has 27 heavy (non-hydrogen) atoms. The van der Waals surface area contributed by atoms with Crippen LogP contribution in [0.3, 0.4) is 0 Å². The molecule has 0 N–H and O–H groups in total. The number of rotatable bonds is 7. The van der Waals surface area contributed by atoms with Crippen LogP contribution in [-0.2, 0) is 12.4 Å². The van der Waals surface area contributed by atoms with Crippen molar-refractivity contribution >= 4 is 23.1 Å². The number of aromatic nitrogens is 3. The lowest BCUT2D eigenvalue weighted by atomic mass is 10.2. The molecular formula is C19H17N3O3S2. The normalized spacial score (nSPS) is 11.0. The third-order valence-corrected chi connectivity index (χ3v) is 5.54. The van der Waals surface area contributed by atoms with Gasteiger partial charge in [-0.1, -0.05) is 29.5 Å². The van der Waals surface area contributed by atoms with E-state index in [-0.39, 0.29) is 0 Å². The van der Waals surface area contributed by atoms with Gasteiger partial charge in [-0.3, -0.25) is 0 Å². The average Bonchev–Trinajstić information content (AvgIpc) is 3.40. The van der Waals surface area contributed by atoms with E-state index in [2.05, 4.69) is 22.1 Å². The van der Waals surface area contributed by atoms with Gasteiger partial charge >= 0.3 is 0 Å². The second-order valence-corrected chi connectivity index (χ2v) is 7.76. The summed E-state index contributed by atoms with van der Waals surface area (Å²) in [6.45, 7) is 4.38. The van der Waals surface area contributed by atoms with Crippen LogP contribution in [-0.4, -0.2) is 15.2 Å². The Kier molecular flexibility index (Phi) is 5.26. The summed E-state index contributed by atoms with van der Waals surface area (Å²) in [5.74, 6) is 2.73. The van der Waals surface area contributed by atoms with Gasteiger partial charge in [-0.2, -0.15) is 0 Å². The Morgan fingerprint density at radius 2 is 1.96 bits per heavy atom. The number of thiazole rings is 1. The molecule has 3 heterocycles. The lowest BCUT2D eigenvalue weighted by Gasteiger charge is -2.03. The van der Waals surface area contributed by atoms with Gasteiger partial charge in [0.2, 0.25) is 0 Å². The zero-order valence-electron chi connectivity index (χ0n) is 14.8. The monoisotopic (exact) mass is 399 g/mol. The minimum Gasteiger partial charge on any atom is -0.486 e. The van der Waals surface area contributed by atoms with Gasteiger partial charge in [0, 0.05) is 11.1 Å². The van der Waals surface area contributed by atoms with Gasteiger partial charge < -0.3 is 13.6 Å². The minimum atomic E-state index is 0.461. The third-order valence-electron chi connectivity index (χ3n) is 3.82. The molecule has 4 aromatic rings. The van der Waals surface area contributed by atoms with Gasteiger partial charge in [-0.15, -0.1) is 21.5 Å². The Hall–Kier alpha value is -2.58. The first-order valence-electron chi connectivity index (χ1n) is 8.31. The first-order valence-corrected chi connectivity index (χ1v) is 10.2. The van der Waals surface area contributed by atoms with Crippen LogP contribution in [0.15, 0.2) is 56.0 Å². The molecule has 0 aliphatic rings. The molecule has 0 radical (unpaired) electrons. The van der Waals surface area contributed by atoms with Gasteiger partial charge in [0.05, 0.1) is 17.5 Å². The molecule has 0 aliphatic carbocycles. The average molecular weight is 399 g/mol. The standard InChI is InChI=1S/C19H17N3O3S2/c1-12-3-5-15(6-4-12)24-9-17-20-14(10-26-17)11-27-19-22-21-18(25-19)16-7-8-23-13(16)2/h3-8,10H,9,11H2,1-2H3. The zero-order valence-corrected chi connectivity index (χ0v) is 16.5. The van der Waals surface area contributed by atoms with E-state index in [0.717, 1.165) is 27.8 Å². The summed E-state index contributed by atoms with van der Waals surface area (Å²) < 4.78 is 16.7. The number of nitrogens with zero attached hydrogens (tertiary/aromatic N) is 3. The molecule has 0 atom stereocenters. The number of benzene rings is 1. The Morgan fingerprint density at radius 1 is 1.11 bits per heavy atom. The van der Waals surface area contributed by atoms with Crippen molar-refractivity contribution in [1.29, 1.82) is 0 Å². The molecule has 0 amide bonds. The molecule has 3 aromatic heterocycles. The van der Waals surface area contributed by atoms with E-state index in [1.54, 1.807) is 17.6 Å². The molecule has 0 spiro atoms. The van der Waals surface area contributed by atoms with Crippen molar-refractivity contribution < 1.29 is 13.6 Å². The van der Waals surface area contributed by atoms with Crippen molar-refractivity contribution in [3.8, 4) is 17.2 Å². The predicted octanol–water partition coefficient (Wildman–Crippen LogP) is 5.27. The summed E-state index contributed by atoms with van der Waals surface area (Å²) in [5.41, 5.74) is 2.99. The molecule has 0 aliphatic heterocycles. The highest BCUT2D eigenvalue weighted by Crippen LogP contribution is 2.28. The zero-order chi connectivity index (χ0) is 18.6. The molecule has 8 heteroatoms. The largest absolute Gasteiger partial charge is 0.486 e. The molecule has 0 fully saturated rings. The van der Waals surface area contributed by atoms with Gasteiger partial charge in [0.1, 0.15) is 23.1 Å². The molecule has 138 valence electrons. The molecule has 1 aromatic carbocycles. The summed E-state index contributed by atoms with van der Waals surface area (Å²) in [7, 11) is 0. The fraction of sp³-hybridized carbons (Fsp3) is 0.211. The molecular weight excluding hydrogens is 382 g/mol. The smallest absolute Gasteiger partial charge is 0.277 e. The van der Waals surface area contributed by atoms with Crippen LogP contribution in [0, 0.1) is 13.8 Å². The van der Waals surface area contributed by atoms with Crippen LogP contribution in [0.1, 0.15) is 22.0 Å². The summed E-state index contributed by atoms with van der Waals surface area (Å²) in [6.07, 6.45) is 1.61. The maximum atomic E-state index is 5.77. The predicted molar refractivity (Wildman–Crippen MR) is 104 cm³/mol. The quantitative estimate of drug-likeness (QED) is 0.392. The van der Waals surface area contributed by atoms with Crippen LogP contribution >= 0.6 is 23.1 Å². The van der Waals surface area contributed by atoms with E-state index in [1.165, 1.54) is 17.3 Å². The van der Waals surface area contributed by atoms with E-state index < -0.39 is 0 Å². The summed E-state index contributed by atoms with van der Waals surface area (Å²) in [4.78, 5) is 4.60. The van der Waals surface area contributed by atoms with Crippen molar-refractivity contribution in [2.75, 3.05) is 0 Å². The lowest BCUT2D eigenvalue weighted by molar-refractivity contribution is 0.305. The molecule has 0 bridgehead atoms. The maximum Gasteiger partial charge on any atom is 0.277 e. The van der Waals surface area contributed by atoms with Crippen LogP contribution in [0.5, 0.6) is 5.75 Å². The van der Waals surface area contributed by atoms with Crippen LogP contribution in [0.2, 0.25) is 0 Å². The topological polar surface area (TPSA) is 74.2 Å². The van der Waals surface area contributed by atoms with E-state index in [0.29, 0.717) is 23.5 Å². The number of aryl methyl sites for hydroxylation is 2. The second kappa shape index (κ2) is 7.98. The van der Waals surface area contributed by atoms with E-state index in [9.17, 15) is 0 Å². The van der Waals surface area contributed by atoms with Gasteiger partial charge in [-0.25, -0.2) is 4.98 Å². The summed E-state index contributed by atoms with van der Waals surface area (Å²) >= 11 is 3.04. The van der Waals surface area contributed by atoms with E-state index in [4.69, 9.17) is 13.6 Å². The SMILES string of the molecule is Cc1ccc(OCc2nc(CSc3nnc(-c4ccoc4C)o3)cs2)cc1. The Morgan fingerprint density at radius 3 is 2.74 bits per heavy atom. The van der Waals surface area contributed by atoms with Crippen molar-refractivity contribution in [3.63, 3.8) is 0 Å². The van der Waals surface area contributed by atoms with Crippen molar-refractivity contribution in [2.24, 2.45) is 0 Å². The van der Waals surface area contributed by atoms with E-state index in [1.807, 2.05) is 42.6 Å². The lowest BCUT2D eigenvalue weighted by Crippen LogP contribution is -1.95. The van der Waals surface area contributed by atoms with Crippen molar-refractivity contribution in [3.05, 3.63) is 64.0 Å². The van der Waals surface area contributed by atoms with Gasteiger partial charge in [-0.05, 0) is 32.0 Å². The second-order valence-electron chi connectivity index (χ2n) is 5.89. The Bertz CT molecular complexity index is 1020. The number of thioether (sulfide) groups is 1. The van der Waals surface area contributed by atoms with Gasteiger partial charge in [0.15, 0.2) is 0 Å². The number of ether oxygens (including phenoxy) is 1. The third kappa shape index (κ3) is 4.40. The minimum absolute atomic E-state index is 0.461. The fourth-order valence-corrected chi connectivity index (χ4v) is 3.85. The van der Waals surface area contributed by atoms with Crippen LogP contribution in [0.25, 0.3) is 11.5 Å². The van der Waals surface area contributed by atoms with E-state index >= 15 is 0 Å². The number of hydrogen-bond acceptors (Lipinski definition) is 8. The van der Waals surface area contributed by atoms with Crippen molar-refractivity contribution in [2.45, 2.75) is 31.4 Å². The highest BCUT2D eigenvalue weighted by Gasteiger charge is 2.14. The highest BCUT2D eigenvalue weighted by molar-refractivity contribution is 7.98. The number of hydrogen-bond donors (Lipinski definition) is 0. The number of furan rings is 1. The molecule has 4 rings (SSSR count). The van der Waals surface area contributed by atoms with Crippen LogP contribution in [0.4, 0.5) is 0 Å². The Balaban J connectivity index is 1.31. The first kappa shape index (κ1) is 17.8. The summed E-state index contributed by atoms with van der Waals surface area (Å²) in [6, 6.07) is 9.81. The first-order chi connectivity index (χ1) is 13.2. The molecule has 0 saturated carbocycles. The highest BCUT2D eigenvalue weighted by atomic mass is 32.2. The molecule has 0 saturated heterocycles. The van der Waals surface area contributed by atoms with Gasteiger partial charge in [0.25, 0.3) is 11.1 Å². The van der Waals surface area contributed by atoms with Crippen molar-refractivity contribution in [1.82, 2.24) is 15.2 Å². The maximum absolute atomic E-state index is 5.77. The molecule has 0 unspecified atom stereocenters.